The minimum absolute atomic E-state index is 0.00612. The van der Waals surface area contributed by atoms with Gasteiger partial charge in [-0.1, -0.05) is 0 Å². The topological polar surface area (TPSA) is 41.5 Å². The Kier molecular flexibility index (Phi) is 5.78. The van der Waals surface area contributed by atoms with Gasteiger partial charge in [-0.25, -0.2) is 13.2 Å². The van der Waals surface area contributed by atoms with Gasteiger partial charge in [-0.15, -0.1) is 0 Å². The van der Waals surface area contributed by atoms with Crippen molar-refractivity contribution in [2.75, 3.05) is 20.3 Å². The molecular weight excluding hydrogens is 259 g/mol. The van der Waals surface area contributed by atoms with Crippen molar-refractivity contribution in [1.82, 2.24) is 5.32 Å². The van der Waals surface area contributed by atoms with E-state index in [1.165, 1.54) is 7.11 Å². The van der Waals surface area contributed by atoms with E-state index in [2.05, 4.69) is 5.32 Å². The Morgan fingerprint density at radius 2 is 1.84 bits per heavy atom. The van der Waals surface area contributed by atoms with Gasteiger partial charge in [0.15, 0.2) is 11.6 Å². The third kappa shape index (κ3) is 5.18. The fourth-order valence-electron chi connectivity index (χ4n) is 1.58. The molecule has 0 heterocycles. The second-order valence-corrected chi connectivity index (χ2v) is 4.70. The molecule has 0 saturated heterocycles. The Balaban J connectivity index is 2.51. The predicted octanol–water partition coefficient (Wildman–Crippen LogP) is 1.98. The maximum Gasteiger partial charge on any atom is 0.161 e. The summed E-state index contributed by atoms with van der Waals surface area (Å²) >= 11 is 0. The van der Waals surface area contributed by atoms with Gasteiger partial charge in [0.2, 0.25) is 0 Å². The zero-order valence-electron chi connectivity index (χ0n) is 11.0. The Morgan fingerprint density at radius 3 is 2.47 bits per heavy atom. The van der Waals surface area contributed by atoms with E-state index in [-0.39, 0.29) is 18.7 Å². The first kappa shape index (κ1) is 15.9. The van der Waals surface area contributed by atoms with Crippen LogP contribution in [0.2, 0.25) is 0 Å². The molecule has 0 aliphatic heterocycles. The molecule has 0 fully saturated rings. The van der Waals surface area contributed by atoms with Crippen LogP contribution in [0, 0.1) is 17.5 Å². The summed E-state index contributed by atoms with van der Waals surface area (Å²) in [6.45, 7) is 2.20. The molecule has 2 N–H and O–H groups in total. The summed E-state index contributed by atoms with van der Waals surface area (Å²) in [5.74, 6) is -3.12. The summed E-state index contributed by atoms with van der Waals surface area (Å²) in [4.78, 5) is 0. The van der Waals surface area contributed by atoms with Gasteiger partial charge >= 0.3 is 0 Å². The maximum atomic E-state index is 13.3. The van der Waals surface area contributed by atoms with E-state index in [0.29, 0.717) is 19.1 Å². The number of nitrogens with one attached hydrogen (secondary N) is 1. The molecule has 108 valence electrons. The quantitative estimate of drug-likeness (QED) is 0.749. The van der Waals surface area contributed by atoms with Crippen LogP contribution in [0.1, 0.15) is 18.9 Å². The zero-order chi connectivity index (χ0) is 14.5. The van der Waals surface area contributed by atoms with Crippen molar-refractivity contribution in [3.05, 3.63) is 35.1 Å². The van der Waals surface area contributed by atoms with Crippen molar-refractivity contribution in [2.45, 2.75) is 25.5 Å². The van der Waals surface area contributed by atoms with E-state index in [1.54, 1.807) is 6.92 Å². The van der Waals surface area contributed by atoms with Gasteiger partial charge < -0.3 is 15.2 Å². The van der Waals surface area contributed by atoms with Crippen molar-refractivity contribution in [1.29, 1.82) is 0 Å². The molecule has 0 radical (unpaired) electrons. The lowest BCUT2D eigenvalue weighted by Gasteiger charge is -2.23. The molecule has 1 aromatic carbocycles. The fraction of sp³-hybridized carbons (Fsp3) is 0.538. The predicted molar refractivity (Wildman–Crippen MR) is 65.1 cm³/mol. The average Bonchev–Trinajstić information content (AvgIpc) is 2.33. The second kappa shape index (κ2) is 6.88. The molecule has 0 spiro atoms. The van der Waals surface area contributed by atoms with Crippen LogP contribution >= 0.6 is 0 Å². The lowest BCUT2D eigenvalue weighted by atomic mass is 10.0. The Labute approximate surface area is 110 Å². The van der Waals surface area contributed by atoms with Crippen molar-refractivity contribution < 1.29 is 23.0 Å². The molecule has 0 aliphatic carbocycles. The Hall–Kier alpha value is -1.11. The number of methoxy groups -OCH3 is 1. The van der Waals surface area contributed by atoms with Gasteiger partial charge in [0.05, 0.1) is 5.60 Å². The van der Waals surface area contributed by atoms with E-state index in [1.807, 2.05) is 0 Å². The molecule has 0 amide bonds. The van der Waals surface area contributed by atoms with Gasteiger partial charge in [-0.3, -0.25) is 0 Å². The highest BCUT2D eigenvalue weighted by molar-refractivity contribution is 5.19. The minimum atomic E-state index is -1.21. The first-order chi connectivity index (χ1) is 8.85. The molecule has 1 aromatic rings. The number of ether oxygens (including phenoxy) is 1. The standard InChI is InChI=1S/C13H18F3NO2/c1-13(18,3-4-19-2)8-17-7-9-5-11(15)12(16)6-10(9)14/h5-6,17-18H,3-4,7-8H2,1-2H3. The smallest absolute Gasteiger partial charge is 0.161 e. The van der Waals surface area contributed by atoms with E-state index >= 15 is 0 Å². The summed E-state index contributed by atoms with van der Waals surface area (Å²) in [6, 6.07) is 1.32. The third-order valence-corrected chi connectivity index (χ3v) is 2.76. The van der Waals surface area contributed by atoms with Crippen molar-refractivity contribution in [3.63, 3.8) is 0 Å². The van der Waals surface area contributed by atoms with Gasteiger partial charge in [-0.05, 0) is 13.0 Å². The lowest BCUT2D eigenvalue weighted by molar-refractivity contribution is 0.0247. The summed E-state index contributed by atoms with van der Waals surface area (Å²) in [5, 5.41) is 12.7. The van der Waals surface area contributed by atoms with Gasteiger partial charge in [0.1, 0.15) is 5.82 Å². The number of benzene rings is 1. The van der Waals surface area contributed by atoms with Crippen LogP contribution in [0.3, 0.4) is 0 Å². The number of halogens is 3. The third-order valence-electron chi connectivity index (χ3n) is 2.76. The summed E-state index contributed by atoms with van der Waals surface area (Å²) in [6.07, 6.45) is 0.413. The monoisotopic (exact) mass is 277 g/mol. The summed E-state index contributed by atoms with van der Waals surface area (Å²) in [5.41, 5.74) is -0.994. The molecule has 0 bridgehead atoms. The van der Waals surface area contributed by atoms with Crippen LogP contribution in [0.25, 0.3) is 0 Å². The maximum absolute atomic E-state index is 13.3. The molecule has 6 heteroatoms. The van der Waals surface area contributed by atoms with E-state index in [0.717, 1.165) is 6.07 Å². The number of hydrogen-bond donors (Lipinski definition) is 2. The number of hydrogen-bond acceptors (Lipinski definition) is 3. The van der Waals surface area contributed by atoms with Crippen molar-refractivity contribution >= 4 is 0 Å². The highest BCUT2D eigenvalue weighted by Crippen LogP contribution is 2.14. The van der Waals surface area contributed by atoms with Gasteiger partial charge in [-0.2, -0.15) is 0 Å². The van der Waals surface area contributed by atoms with Crippen LogP contribution in [-0.2, 0) is 11.3 Å². The molecular formula is C13H18F3NO2. The molecule has 0 aromatic heterocycles. The summed E-state index contributed by atoms with van der Waals surface area (Å²) < 4.78 is 43.8. The SMILES string of the molecule is COCCC(C)(O)CNCc1cc(F)c(F)cc1F. The number of aliphatic hydroxyl groups is 1. The highest BCUT2D eigenvalue weighted by Gasteiger charge is 2.19. The lowest BCUT2D eigenvalue weighted by Crippen LogP contribution is -2.38. The largest absolute Gasteiger partial charge is 0.389 e. The first-order valence-corrected chi connectivity index (χ1v) is 5.91. The molecule has 1 unspecified atom stereocenters. The first-order valence-electron chi connectivity index (χ1n) is 5.91. The fourth-order valence-corrected chi connectivity index (χ4v) is 1.58. The normalized spacial score (nSPS) is 14.4. The molecule has 1 rings (SSSR count). The highest BCUT2D eigenvalue weighted by atomic mass is 19.2. The van der Waals surface area contributed by atoms with E-state index in [9.17, 15) is 18.3 Å². The van der Waals surface area contributed by atoms with Crippen LogP contribution in [0.5, 0.6) is 0 Å². The van der Waals surface area contributed by atoms with Crippen LogP contribution in [-0.4, -0.2) is 31.0 Å². The Bertz CT molecular complexity index is 425. The minimum Gasteiger partial charge on any atom is -0.389 e. The Morgan fingerprint density at radius 1 is 1.21 bits per heavy atom. The molecule has 0 saturated carbocycles. The summed E-state index contributed by atoms with van der Waals surface area (Å²) in [7, 11) is 1.53. The van der Waals surface area contributed by atoms with E-state index in [4.69, 9.17) is 4.74 Å². The molecule has 0 aliphatic rings. The zero-order valence-corrected chi connectivity index (χ0v) is 11.0. The van der Waals surface area contributed by atoms with Gasteiger partial charge in [0, 0.05) is 44.9 Å². The molecule has 1 atom stereocenters. The second-order valence-electron chi connectivity index (χ2n) is 4.70. The molecule has 3 nitrogen and oxygen atoms in total. The van der Waals surface area contributed by atoms with Crippen LogP contribution in [0.4, 0.5) is 13.2 Å². The van der Waals surface area contributed by atoms with E-state index < -0.39 is 23.1 Å². The van der Waals surface area contributed by atoms with Gasteiger partial charge in [0.25, 0.3) is 0 Å². The van der Waals surface area contributed by atoms with Crippen LogP contribution in [0.15, 0.2) is 12.1 Å². The number of rotatable bonds is 7. The molecule has 19 heavy (non-hydrogen) atoms. The average molecular weight is 277 g/mol. The van der Waals surface area contributed by atoms with Crippen molar-refractivity contribution in [2.24, 2.45) is 0 Å². The van der Waals surface area contributed by atoms with Crippen LogP contribution < -0.4 is 5.32 Å². The van der Waals surface area contributed by atoms with Crippen molar-refractivity contribution in [3.8, 4) is 0 Å².